The van der Waals surface area contributed by atoms with Crippen LogP contribution in [0.1, 0.15) is 16.1 Å². The van der Waals surface area contributed by atoms with E-state index in [2.05, 4.69) is 20.3 Å². The summed E-state index contributed by atoms with van der Waals surface area (Å²) in [6.07, 6.45) is 2.44. The van der Waals surface area contributed by atoms with Gasteiger partial charge in [0.1, 0.15) is 17.3 Å². The molecule has 0 radical (unpaired) electrons. The van der Waals surface area contributed by atoms with Gasteiger partial charge in [0, 0.05) is 36.5 Å². The second-order valence-corrected chi connectivity index (χ2v) is 7.46. The second kappa shape index (κ2) is 7.85. The van der Waals surface area contributed by atoms with E-state index in [-0.39, 0.29) is 10.9 Å². The van der Waals surface area contributed by atoms with Crippen LogP contribution >= 0.6 is 11.6 Å². The molecule has 0 saturated heterocycles. The Bertz CT molecular complexity index is 1290. The van der Waals surface area contributed by atoms with Gasteiger partial charge < -0.3 is 15.0 Å². The molecule has 6 nitrogen and oxygen atoms in total. The van der Waals surface area contributed by atoms with Gasteiger partial charge in [-0.05, 0) is 48.5 Å². The highest BCUT2D eigenvalue weighted by Crippen LogP contribution is 2.28. The highest BCUT2D eigenvalue weighted by Gasteiger charge is 2.20. The molecule has 154 valence electrons. The summed E-state index contributed by atoms with van der Waals surface area (Å²) in [5.74, 6) is 0.828. The van der Waals surface area contributed by atoms with Crippen LogP contribution in [-0.2, 0) is 6.42 Å². The van der Waals surface area contributed by atoms with Gasteiger partial charge in [0.25, 0.3) is 5.91 Å². The standard InChI is InChI=1S/C23H16ClFN4O2/c24-17-6-5-15(11-18(17)25)31-14-3-1-13(2-4-14)22-26-9-8-20(29-22)21-12-16-19(28-21)7-10-27-23(16)30/h1-6,8-9,11-12,28H,7,10H2,(H,27,30). The number of carbonyl (C=O) groups is 1. The smallest absolute Gasteiger partial charge is 0.253 e. The van der Waals surface area contributed by atoms with Crippen molar-refractivity contribution in [3.05, 3.63) is 82.9 Å². The Hall–Kier alpha value is -3.71. The van der Waals surface area contributed by atoms with E-state index in [1.165, 1.54) is 12.1 Å². The normalized spacial score (nSPS) is 12.9. The summed E-state index contributed by atoms with van der Waals surface area (Å²) >= 11 is 5.70. The molecule has 31 heavy (non-hydrogen) atoms. The van der Waals surface area contributed by atoms with E-state index in [0.717, 1.165) is 23.4 Å². The number of rotatable bonds is 4. The molecule has 0 fully saturated rings. The highest BCUT2D eigenvalue weighted by molar-refractivity contribution is 6.30. The van der Waals surface area contributed by atoms with Crippen molar-refractivity contribution in [2.45, 2.75) is 6.42 Å². The number of hydrogen-bond acceptors (Lipinski definition) is 4. The Morgan fingerprint density at radius 3 is 2.61 bits per heavy atom. The molecule has 0 spiro atoms. The van der Waals surface area contributed by atoms with Crippen molar-refractivity contribution in [1.82, 2.24) is 20.3 Å². The molecule has 1 aliphatic rings. The summed E-state index contributed by atoms with van der Waals surface area (Å²) < 4.78 is 19.3. The zero-order valence-electron chi connectivity index (χ0n) is 16.2. The van der Waals surface area contributed by atoms with Crippen molar-refractivity contribution >= 4 is 17.5 Å². The third kappa shape index (κ3) is 3.87. The van der Waals surface area contributed by atoms with Crippen LogP contribution in [0.2, 0.25) is 5.02 Å². The van der Waals surface area contributed by atoms with Gasteiger partial charge in [-0.1, -0.05) is 11.6 Å². The van der Waals surface area contributed by atoms with Crippen LogP contribution in [0.5, 0.6) is 11.5 Å². The number of carbonyl (C=O) groups excluding carboxylic acids is 1. The first-order valence-electron chi connectivity index (χ1n) is 9.64. The Balaban J connectivity index is 1.38. The highest BCUT2D eigenvalue weighted by atomic mass is 35.5. The molecule has 4 aromatic rings. The molecular formula is C23H16ClFN4O2. The van der Waals surface area contributed by atoms with E-state index in [1.807, 2.05) is 18.2 Å². The minimum Gasteiger partial charge on any atom is -0.457 e. The SMILES string of the molecule is O=C1NCCc2[nH]c(-c3ccnc(-c4ccc(Oc5ccc(Cl)c(F)c5)cc4)n3)cc21. The molecule has 3 heterocycles. The average molecular weight is 435 g/mol. The lowest BCUT2D eigenvalue weighted by atomic mass is 10.1. The van der Waals surface area contributed by atoms with Crippen LogP contribution in [0.25, 0.3) is 22.8 Å². The van der Waals surface area contributed by atoms with Crippen molar-refractivity contribution in [1.29, 1.82) is 0 Å². The average Bonchev–Trinajstić information content (AvgIpc) is 3.23. The molecule has 2 N–H and O–H groups in total. The predicted molar refractivity (Wildman–Crippen MR) is 115 cm³/mol. The van der Waals surface area contributed by atoms with Crippen molar-refractivity contribution in [3.8, 4) is 34.3 Å². The van der Waals surface area contributed by atoms with Gasteiger partial charge in [-0.3, -0.25) is 4.79 Å². The molecule has 0 bridgehead atoms. The first kappa shape index (κ1) is 19.3. The third-order valence-electron chi connectivity index (χ3n) is 4.98. The lowest BCUT2D eigenvalue weighted by Gasteiger charge is -2.10. The van der Waals surface area contributed by atoms with Crippen LogP contribution in [0.15, 0.2) is 60.8 Å². The number of aromatic nitrogens is 3. The number of H-pyrrole nitrogens is 1. The van der Waals surface area contributed by atoms with Crippen molar-refractivity contribution in [2.24, 2.45) is 0 Å². The van der Waals surface area contributed by atoms with Gasteiger partial charge >= 0.3 is 0 Å². The maximum atomic E-state index is 13.6. The fourth-order valence-corrected chi connectivity index (χ4v) is 3.55. The number of aromatic amines is 1. The minimum atomic E-state index is -0.538. The van der Waals surface area contributed by atoms with Crippen LogP contribution in [0.4, 0.5) is 4.39 Å². The first-order valence-corrected chi connectivity index (χ1v) is 10.0. The molecule has 0 saturated carbocycles. The number of fused-ring (bicyclic) bond motifs is 1. The van der Waals surface area contributed by atoms with Crippen LogP contribution in [0, 0.1) is 5.82 Å². The summed E-state index contributed by atoms with van der Waals surface area (Å²) in [6, 6.07) is 15.1. The van der Waals surface area contributed by atoms with E-state index in [0.29, 0.717) is 35.1 Å². The Morgan fingerprint density at radius 1 is 1.03 bits per heavy atom. The lowest BCUT2D eigenvalue weighted by Crippen LogP contribution is -2.31. The summed E-state index contributed by atoms with van der Waals surface area (Å²) in [5.41, 5.74) is 3.84. The quantitative estimate of drug-likeness (QED) is 0.473. The summed E-state index contributed by atoms with van der Waals surface area (Å²) in [4.78, 5) is 24.3. The molecular weight excluding hydrogens is 419 g/mol. The summed E-state index contributed by atoms with van der Waals surface area (Å²) in [6.45, 7) is 0.623. The topological polar surface area (TPSA) is 79.9 Å². The van der Waals surface area contributed by atoms with E-state index in [4.69, 9.17) is 16.3 Å². The Morgan fingerprint density at radius 2 is 1.84 bits per heavy atom. The van der Waals surface area contributed by atoms with Gasteiger partial charge in [-0.25, -0.2) is 14.4 Å². The number of amides is 1. The van der Waals surface area contributed by atoms with E-state index >= 15 is 0 Å². The molecule has 5 rings (SSSR count). The van der Waals surface area contributed by atoms with Gasteiger partial charge in [0.15, 0.2) is 5.82 Å². The minimum absolute atomic E-state index is 0.0447. The maximum absolute atomic E-state index is 13.6. The molecule has 0 atom stereocenters. The Labute approximate surface area is 182 Å². The Kier molecular flexibility index (Phi) is 4.88. The zero-order valence-corrected chi connectivity index (χ0v) is 16.9. The third-order valence-corrected chi connectivity index (χ3v) is 5.28. The predicted octanol–water partition coefficient (Wildman–Crippen LogP) is 5.01. The van der Waals surface area contributed by atoms with Crippen molar-refractivity contribution < 1.29 is 13.9 Å². The maximum Gasteiger partial charge on any atom is 0.253 e. The molecule has 2 aromatic heterocycles. The summed E-state index contributed by atoms with van der Waals surface area (Å²) in [7, 11) is 0. The molecule has 1 aliphatic heterocycles. The van der Waals surface area contributed by atoms with Gasteiger partial charge in [-0.15, -0.1) is 0 Å². The molecule has 0 unspecified atom stereocenters. The van der Waals surface area contributed by atoms with Crippen molar-refractivity contribution in [3.63, 3.8) is 0 Å². The fourth-order valence-electron chi connectivity index (χ4n) is 3.43. The van der Waals surface area contributed by atoms with Gasteiger partial charge in [0.05, 0.1) is 22.0 Å². The van der Waals surface area contributed by atoms with E-state index < -0.39 is 5.82 Å². The molecule has 2 aromatic carbocycles. The molecule has 1 amide bonds. The lowest BCUT2D eigenvalue weighted by molar-refractivity contribution is 0.0946. The zero-order chi connectivity index (χ0) is 21.4. The first-order chi connectivity index (χ1) is 15.1. The summed E-state index contributed by atoms with van der Waals surface area (Å²) in [5, 5.41) is 2.88. The van der Waals surface area contributed by atoms with Gasteiger partial charge in [-0.2, -0.15) is 0 Å². The fraction of sp³-hybridized carbons (Fsp3) is 0.0870. The number of hydrogen-bond donors (Lipinski definition) is 2. The number of nitrogens with one attached hydrogen (secondary N) is 2. The number of benzene rings is 2. The van der Waals surface area contributed by atoms with E-state index in [9.17, 15) is 9.18 Å². The van der Waals surface area contributed by atoms with E-state index in [1.54, 1.807) is 30.5 Å². The second-order valence-electron chi connectivity index (χ2n) is 7.05. The van der Waals surface area contributed by atoms with Crippen LogP contribution in [-0.4, -0.2) is 27.4 Å². The van der Waals surface area contributed by atoms with Crippen LogP contribution in [0.3, 0.4) is 0 Å². The monoisotopic (exact) mass is 434 g/mol. The largest absolute Gasteiger partial charge is 0.457 e. The molecule has 8 heteroatoms. The van der Waals surface area contributed by atoms with Crippen molar-refractivity contribution in [2.75, 3.05) is 6.54 Å². The molecule has 0 aliphatic carbocycles. The number of nitrogens with zero attached hydrogens (tertiary/aromatic N) is 2. The number of halogens is 2. The van der Waals surface area contributed by atoms with Crippen LogP contribution < -0.4 is 10.1 Å². The van der Waals surface area contributed by atoms with Gasteiger partial charge in [0.2, 0.25) is 0 Å². The number of ether oxygens (including phenoxy) is 1.